The van der Waals surface area contributed by atoms with Gasteiger partial charge in [-0.3, -0.25) is 4.79 Å². The van der Waals surface area contributed by atoms with E-state index < -0.39 is 12.0 Å². The molecular formula is C32H43N2O5+. The second-order valence-corrected chi connectivity index (χ2v) is 8.94. The molecule has 0 fully saturated rings. The van der Waals surface area contributed by atoms with Gasteiger partial charge >= 0.3 is 5.97 Å². The maximum atomic E-state index is 12.1. The number of ketones is 1. The van der Waals surface area contributed by atoms with E-state index in [0.717, 1.165) is 29.5 Å². The Morgan fingerprint density at radius 2 is 1.51 bits per heavy atom. The van der Waals surface area contributed by atoms with Crippen molar-refractivity contribution in [3.05, 3.63) is 90.0 Å². The van der Waals surface area contributed by atoms with Crippen LogP contribution in [-0.4, -0.2) is 36.7 Å². The molecule has 0 radical (unpaired) electrons. The fourth-order valence-corrected chi connectivity index (χ4v) is 4.11. The summed E-state index contributed by atoms with van der Waals surface area (Å²) in [7, 11) is 0. The molecular weight excluding hydrogens is 492 g/mol. The molecule has 0 aromatic heterocycles. The van der Waals surface area contributed by atoms with Crippen LogP contribution >= 0.6 is 0 Å². The number of hydrogen-bond donors (Lipinski definition) is 3. The van der Waals surface area contributed by atoms with Crippen LogP contribution in [0.1, 0.15) is 68.9 Å². The van der Waals surface area contributed by atoms with Crippen LogP contribution in [0.25, 0.3) is 0 Å². The molecule has 0 saturated heterocycles. The summed E-state index contributed by atoms with van der Waals surface area (Å²) in [6.45, 7) is 10.2. The standard InChI is InChI=1S/C16H23NO3.C14H13NO2.C2H6/c1-3-12(4-2)7-8-17-10-14(18)13-5-6-15-16(9-13)20-11-19-15;16-14(17)13(11-7-3-1-4-8-11)15-12-9-5-2-6-10-12;1-2/h5-6,9,12,17H,3-4,7-8,10-11H2,1-2H3;1-10,13,15H,(H,16,17);1-2H3/p+1. The summed E-state index contributed by atoms with van der Waals surface area (Å²) in [6, 6.07) is 23.1. The van der Waals surface area contributed by atoms with E-state index in [1.54, 1.807) is 24.3 Å². The molecule has 4 rings (SSSR count). The number of aliphatic carboxylic acids is 1. The van der Waals surface area contributed by atoms with Crippen LogP contribution in [0, 0.1) is 5.92 Å². The Morgan fingerprint density at radius 3 is 2.13 bits per heavy atom. The van der Waals surface area contributed by atoms with Crippen molar-refractivity contribution in [1.29, 1.82) is 0 Å². The van der Waals surface area contributed by atoms with Crippen LogP contribution in [-0.2, 0) is 4.79 Å². The lowest BCUT2D eigenvalue weighted by molar-refractivity contribution is -0.643. The van der Waals surface area contributed by atoms with Crippen LogP contribution in [0.2, 0.25) is 0 Å². The highest BCUT2D eigenvalue weighted by atomic mass is 16.7. The van der Waals surface area contributed by atoms with E-state index in [2.05, 4.69) is 24.5 Å². The van der Waals surface area contributed by atoms with Gasteiger partial charge in [-0.25, -0.2) is 4.79 Å². The third-order valence-electron chi connectivity index (χ3n) is 6.42. The SMILES string of the molecule is CC.CCC(CC)CC[NH2+]CC(=O)c1ccc2c(c1)OCO2.O=C(O)C(Nc1ccccc1)c1ccccc1. The summed E-state index contributed by atoms with van der Waals surface area (Å²) in [5, 5.41) is 14.3. The number of nitrogens with one attached hydrogen (secondary N) is 1. The largest absolute Gasteiger partial charge is 0.479 e. The van der Waals surface area contributed by atoms with Crippen LogP contribution in [0.3, 0.4) is 0 Å². The third-order valence-corrected chi connectivity index (χ3v) is 6.42. The van der Waals surface area contributed by atoms with Gasteiger partial charge in [-0.2, -0.15) is 0 Å². The lowest BCUT2D eigenvalue weighted by Crippen LogP contribution is -2.86. The lowest BCUT2D eigenvalue weighted by atomic mass is 10.00. The monoisotopic (exact) mass is 535 g/mol. The van der Waals surface area contributed by atoms with Crippen LogP contribution in [0.4, 0.5) is 5.69 Å². The first-order chi connectivity index (χ1) is 19.0. The van der Waals surface area contributed by atoms with Crippen molar-refractivity contribution in [2.24, 2.45) is 5.92 Å². The Labute approximate surface area is 232 Å². The van der Waals surface area contributed by atoms with E-state index in [9.17, 15) is 14.7 Å². The van der Waals surface area contributed by atoms with Gasteiger partial charge in [0.25, 0.3) is 0 Å². The highest BCUT2D eigenvalue weighted by Crippen LogP contribution is 2.32. The van der Waals surface area contributed by atoms with E-state index in [0.29, 0.717) is 17.9 Å². The fourth-order valence-electron chi connectivity index (χ4n) is 4.11. The fraction of sp³-hybridized carbons (Fsp3) is 0.375. The maximum Gasteiger partial charge on any atom is 0.330 e. The minimum Gasteiger partial charge on any atom is -0.479 e. The quantitative estimate of drug-likeness (QED) is 0.196. The van der Waals surface area contributed by atoms with Gasteiger partial charge in [0, 0.05) is 11.3 Å². The highest BCUT2D eigenvalue weighted by molar-refractivity contribution is 5.97. The van der Waals surface area contributed by atoms with Gasteiger partial charge in [0.05, 0.1) is 6.54 Å². The molecule has 1 aliphatic rings. The number of carbonyl (C=O) groups is 2. The van der Waals surface area contributed by atoms with Crippen molar-refractivity contribution < 1.29 is 29.5 Å². The highest BCUT2D eigenvalue weighted by Gasteiger charge is 2.19. The second-order valence-electron chi connectivity index (χ2n) is 8.94. The van der Waals surface area contributed by atoms with Gasteiger partial charge in [-0.05, 0) is 48.2 Å². The number of quaternary nitrogens is 1. The number of Topliss-reactive ketones (excluding diaryl/α,β-unsaturated/α-hetero) is 1. The maximum absolute atomic E-state index is 12.1. The predicted octanol–water partition coefficient (Wildman–Crippen LogP) is 5.94. The second kappa shape index (κ2) is 17.6. The van der Waals surface area contributed by atoms with Gasteiger partial charge in [-0.1, -0.05) is 89.1 Å². The summed E-state index contributed by atoms with van der Waals surface area (Å²) in [5.41, 5.74) is 2.24. The number of ether oxygens (including phenoxy) is 2. The molecule has 7 nitrogen and oxygen atoms in total. The van der Waals surface area contributed by atoms with Gasteiger partial charge < -0.3 is 25.2 Å². The summed E-state index contributed by atoms with van der Waals surface area (Å²) < 4.78 is 10.5. The Hall–Kier alpha value is -3.84. The molecule has 39 heavy (non-hydrogen) atoms. The number of nitrogens with two attached hydrogens (primary N) is 1. The predicted molar refractivity (Wildman–Crippen MR) is 155 cm³/mol. The van der Waals surface area contributed by atoms with E-state index in [1.165, 1.54) is 19.3 Å². The van der Waals surface area contributed by atoms with Crippen molar-refractivity contribution in [3.8, 4) is 11.5 Å². The van der Waals surface area contributed by atoms with Gasteiger partial charge in [0.15, 0.2) is 17.5 Å². The Kier molecular flexibility index (Phi) is 14.2. The molecule has 210 valence electrons. The van der Waals surface area contributed by atoms with E-state index in [1.807, 2.05) is 68.4 Å². The van der Waals surface area contributed by atoms with Gasteiger partial charge in [0.2, 0.25) is 12.6 Å². The number of para-hydroxylation sites is 1. The molecule has 1 atom stereocenters. The van der Waals surface area contributed by atoms with Crippen LogP contribution in [0.5, 0.6) is 11.5 Å². The molecule has 3 aromatic rings. The number of hydrogen-bond acceptors (Lipinski definition) is 5. The average molecular weight is 536 g/mol. The molecule has 1 unspecified atom stereocenters. The smallest absolute Gasteiger partial charge is 0.330 e. The number of carbonyl (C=O) groups excluding carboxylic acids is 1. The minimum atomic E-state index is -0.889. The molecule has 0 aliphatic carbocycles. The van der Waals surface area contributed by atoms with Crippen molar-refractivity contribution in [1.82, 2.24) is 0 Å². The van der Waals surface area contributed by atoms with Crippen molar-refractivity contribution in [2.45, 2.75) is 53.0 Å². The van der Waals surface area contributed by atoms with Crippen LogP contribution < -0.4 is 20.1 Å². The molecule has 1 heterocycles. The zero-order chi connectivity index (χ0) is 28.5. The molecule has 0 bridgehead atoms. The van der Waals surface area contributed by atoms with Crippen LogP contribution in [0.15, 0.2) is 78.9 Å². The number of rotatable bonds is 12. The number of carboxylic acids is 1. The number of fused-ring (bicyclic) bond motifs is 1. The summed E-state index contributed by atoms with van der Waals surface area (Å²) in [6.07, 6.45) is 3.63. The molecule has 0 spiro atoms. The van der Waals surface area contributed by atoms with E-state index >= 15 is 0 Å². The summed E-state index contributed by atoms with van der Waals surface area (Å²) in [5.74, 6) is 1.44. The Bertz CT molecular complexity index is 1120. The summed E-state index contributed by atoms with van der Waals surface area (Å²) >= 11 is 0. The van der Waals surface area contributed by atoms with Gasteiger partial charge in [-0.15, -0.1) is 0 Å². The minimum absolute atomic E-state index is 0.146. The zero-order valence-electron chi connectivity index (χ0n) is 23.6. The van der Waals surface area contributed by atoms with Crippen molar-refractivity contribution >= 4 is 17.4 Å². The average Bonchev–Trinajstić information content (AvgIpc) is 3.46. The number of carboxylic acid groups (broad SMARTS) is 1. The Balaban J connectivity index is 0.000000260. The zero-order valence-corrected chi connectivity index (χ0v) is 23.6. The van der Waals surface area contributed by atoms with Crippen molar-refractivity contribution in [3.63, 3.8) is 0 Å². The first kappa shape index (κ1) is 31.4. The number of benzene rings is 3. The first-order valence-electron chi connectivity index (χ1n) is 13.9. The Morgan fingerprint density at radius 1 is 0.897 bits per heavy atom. The van der Waals surface area contributed by atoms with Crippen molar-refractivity contribution in [2.75, 3.05) is 25.2 Å². The molecule has 4 N–H and O–H groups in total. The first-order valence-corrected chi connectivity index (χ1v) is 13.9. The van der Waals surface area contributed by atoms with Gasteiger partial charge in [0.1, 0.15) is 6.54 Å². The molecule has 7 heteroatoms. The third kappa shape index (κ3) is 10.4. The number of anilines is 1. The molecule has 0 amide bonds. The lowest BCUT2D eigenvalue weighted by Gasteiger charge is -2.15. The summed E-state index contributed by atoms with van der Waals surface area (Å²) in [4.78, 5) is 23.3. The topological polar surface area (TPSA) is 101 Å². The molecule has 0 saturated carbocycles. The normalized spacial score (nSPS) is 11.9. The van der Waals surface area contributed by atoms with E-state index in [4.69, 9.17) is 9.47 Å². The van der Waals surface area contributed by atoms with E-state index in [-0.39, 0.29) is 12.6 Å². The molecule has 1 aliphatic heterocycles. The molecule has 3 aromatic carbocycles.